The molecule has 0 aromatic carbocycles. The molecular weight excluding hydrogens is 509 g/mol. The zero-order valence-electron chi connectivity index (χ0n) is 15.4. The average molecular weight is 530 g/mol. The van der Waals surface area contributed by atoms with Crippen molar-refractivity contribution in [2.75, 3.05) is 12.3 Å². The zero-order valence-corrected chi connectivity index (χ0v) is 18.9. The molecular formula is C14H21BrN5O8PS. The molecule has 2 aromatic heterocycles. The van der Waals surface area contributed by atoms with Crippen molar-refractivity contribution < 1.29 is 34.1 Å². The summed E-state index contributed by atoms with van der Waals surface area (Å²) in [6.45, 7) is -0.404. The van der Waals surface area contributed by atoms with E-state index < -0.39 is 37.0 Å². The van der Waals surface area contributed by atoms with Crippen LogP contribution in [0, 0.1) is 0 Å². The van der Waals surface area contributed by atoms with Gasteiger partial charge in [0.1, 0.15) is 0 Å². The van der Waals surface area contributed by atoms with Crippen LogP contribution in [0.4, 0.5) is 5.95 Å². The SMILES string of the molecule is Nc1nc2c(nc(Br)n2C[C@@H](O)C2O[PH](O)(S)OCC2O)c(=O)n1CCCC(=O)O. The Hall–Kier alpha value is -1.32. The van der Waals surface area contributed by atoms with Crippen molar-refractivity contribution in [2.45, 2.75) is 44.2 Å². The Bertz CT molecular complexity index is 1020. The number of halogens is 1. The Labute approximate surface area is 183 Å². The fraction of sp³-hybridized carbons (Fsp3) is 0.571. The molecule has 3 heterocycles. The summed E-state index contributed by atoms with van der Waals surface area (Å²) in [5, 5.41) is 29.3. The minimum absolute atomic E-state index is 0.0351. The fourth-order valence-electron chi connectivity index (χ4n) is 3.05. The van der Waals surface area contributed by atoms with E-state index in [2.05, 4.69) is 38.1 Å². The van der Waals surface area contributed by atoms with Crippen LogP contribution in [0.15, 0.2) is 9.53 Å². The molecule has 0 amide bonds. The zero-order chi connectivity index (χ0) is 22.2. The molecule has 1 aliphatic heterocycles. The number of rotatable bonds is 7. The summed E-state index contributed by atoms with van der Waals surface area (Å²) in [7, 11) is -3.77. The molecule has 0 bridgehead atoms. The van der Waals surface area contributed by atoms with Crippen molar-refractivity contribution in [3.8, 4) is 0 Å². The normalized spacial score (nSPS) is 23.4. The standard InChI is InChI=1S/C14H21BrN5O8PS/c15-13-17-9-11(18-14(16)19(12(9)25)3-1-2-8(23)24)20(13)4-6(21)10-7(22)5-27-29(26,30)28-10/h6-7,10,21-22,26,29-30H,1-5H2,(H2,16,18)(H,23,24)/t6-,7?,10?/m1/s1. The van der Waals surface area contributed by atoms with Gasteiger partial charge in [0.25, 0.3) is 0 Å². The summed E-state index contributed by atoms with van der Waals surface area (Å²) in [4.78, 5) is 41.6. The summed E-state index contributed by atoms with van der Waals surface area (Å²) >= 11 is 7.08. The molecule has 0 spiro atoms. The third-order valence-corrected chi connectivity index (χ3v) is 6.90. The second kappa shape index (κ2) is 9.04. The van der Waals surface area contributed by atoms with E-state index in [4.69, 9.17) is 19.9 Å². The van der Waals surface area contributed by atoms with Gasteiger partial charge in [0, 0.05) is 0 Å². The van der Waals surface area contributed by atoms with Gasteiger partial charge in [-0.25, -0.2) is 0 Å². The molecule has 3 atom stereocenters. The first kappa shape index (κ1) is 23.3. The molecule has 3 rings (SSSR count). The van der Waals surface area contributed by atoms with E-state index in [1.807, 2.05) is 0 Å². The van der Waals surface area contributed by atoms with Gasteiger partial charge in [-0.15, -0.1) is 0 Å². The van der Waals surface area contributed by atoms with Crippen molar-refractivity contribution >= 4 is 58.4 Å². The quantitative estimate of drug-likeness (QED) is 0.150. The molecule has 0 radical (unpaired) electrons. The Kier molecular flexibility index (Phi) is 7.04. The van der Waals surface area contributed by atoms with Gasteiger partial charge in [0.05, 0.1) is 0 Å². The number of imidazole rings is 1. The van der Waals surface area contributed by atoms with Crippen LogP contribution < -0.4 is 11.3 Å². The second-order valence-corrected chi connectivity index (χ2v) is 10.7. The molecule has 30 heavy (non-hydrogen) atoms. The summed E-state index contributed by atoms with van der Waals surface area (Å²) in [6.07, 6.45) is -3.68. The van der Waals surface area contributed by atoms with E-state index in [0.29, 0.717) is 0 Å². The molecule has 0 aliphatic carbocycles. The number of hydrogen-bond donors (Lipinski definition) is 6. The Balaban J connectivity index is 1.89. The number of aromatic nitrogens is 4. The number of fused-ring (bicyclic) bond motifs is 1. The second-order valence-electron chi connectivity index (χ2n) is 6.66. The number of aliphatic hydroxyl groups excluding tert-OH is 2. The molecule has 16 heteroatoms. The molecule has 1 fully saturated rings. The van der Waals surface area contributed by atoms with Crippen LogP contribution in [-0.4, -0.2) is 70.2 Å². The first-order valence-corrected chi connectivity index (χ1v) is 12.6. The predicted octanol–water partition coefficient (Wildman–Crippen LogP) is -0.728. The Morgan fingerprint density at radius 3 is 2.80 bits per heavy atom. The van der Waals surface area contributed by atoms with Gasteiger partial charge in [0.2, 0.25) is 0 Å². The van der Waals surface area contributed by atoms with Crippen LogP contribution >= 0.6 is 35.3 Å². The number of aliphatic carboxylic acids is 1. The van der Waals surface area contributed by atoms with Crippen LogP contribution in [0.1, 0.15) is 12.8 Å². The number of nitrogens with two attached hydrogens (primary N) is 1. The van der Waals surface area contributed by atoms with Crippen LogP contribution in [0.25, 0.3) is 11.2 Å². The summed E-state index contributed by atoms with van der Waals surface area (Å²) < 4.78 is 12.8. The Morgan fingerprint density at radius 2 is 2.13 bits per heavy atom. The Morgan fingerprint density at radius 1 is 1.43 bits per heavy atom. The van der Waals surface area contributed by atoms with Crippen molar-refractivity contribution in [1.29, 1.82) is 0 Å². The van der Waals surface area contributed by atoms with Crippen LogP contribution in [0.2, 0.25) is 0 Å². The van der Waals surface area contributed by atoms with Crippen molar-refractivity contribution in [1.82, 2.24) is 19.1 Å². The maximum absolute atomic E-state index is 12.7. The van der Waals surface area contributed by atoms with Crippen molar-refractivity contribution in [2.24, 2.45) is 0 Å². The van der Waals surface area contributed by atoms with Crippen LogP contribution in [0.3, 0.4) is 0 Å². The van der Waals surface area contributed by atoms with E-state index >= 15 is 0 Å². The van der Waals surface area contributed by atoms with E-state index in [9.17, 15) is 24.7 Å². The number of nitrogen functional groups attached to an aromatic ring is 1. The van der Waals surface area contributed by atoms with Crippen LogP contribution in [-0.2, 0) is 26.9 Å². The first-order valence-electron chi connectivity index (χ1n) is 8.76. The number of carboxylic acid groups (broad SMARTS) is 1. The molecule has 2 unspecified atom stereocenters. The number of anilines is 1. The maximum atomic E-state index is 12.7. The molecule has 13 nitrogen and oxygen atoms in total. The number of nitrogens with zero attached hydrogens (tertiary/aromatic N) is 4. The average Bonchev–Trinajstić information content (AvgIpc) is 2.95. The van der Waals surface area contributed by atoms with Crippen molar-refractivity contribution in [3.05, 3.63) is 15.1 Å². The van der Waals surface area contributed by atoms with Gasteiger partial charge in [-0.3, -0.25) is 4.79 Å². The molecule has 1 aliphatic rings. The predicted molar refractivity (Wildman–Crippen MR) is 113 cm³/mol. The molecule has 2 aromatic rings. The number of aliphatic hydroxyl groups is 2. The topological polar surface area (TPSA) is 195 Å². The number of hydrogen-bond acceptors (Lipinski definition) is 11. The fourth-order valence-corrected chi connectivity index (χ4v) is 5.25. The van der Waals surface area contributed by atoms with Gasteiger partial charge < -0.3 is 5.11 Å². The smallest absolute Gasteiger partial charge is 0.481 e. The number of carbonyl (C=O) groups is 1. The molecule has 6 N–H and O–H groups in total. The van der Waals surface area contributed by atoms with E-state index in [1.165, 1.54) is 4.57 Å². The minimum atomic E-state index is -3.77. The summed E-state index contributed by atoms with van der Waals surface area (Å²) in [5.41, 5.74) is 5.37. The van der Waals surface area contributed by atoms with Gasteiger partial charge in [0.15, 0.2) is 0 Å². The van der Waals surface area contributed by atoms with Gasteiger partial charge >= 0.3 is 173 Å². The van der Waals surface area contributed by atoms with Gasteiger partial charge in [-0.05, 0) is 0 Å². The van der Waals surface area contributed by atoms with Crippen molar-refractivity contribution in [3.63, 3.8) is 0 Å². The number of carboxylic acids is 1. The molecule has 0 saturated carbocycles. The first-order chi connectivity index (χ1) is 14.0. The summed E-state index contributed by atoms with van der Waals surface area (Å²) in [5.74, 6) is -1.13. The van der Waals surface area contributed by atoms with Crippen LogP contribution in [0.5, 0.6) is 0 Å². The minimum Gasteiger partial charge on any atom is -0.481 e. The van der Waals surface area contributed by atoms with E-state index in [0.717, 1.165) is 4.57 Å². The van der Waals surface area contributed by atoms with Gasteiger partial charge in [-0.2, -0.15) is 0 Å². The molecule has 168 valence electrons. The van der Waals surface area contributed by atoms with E-state index in [1.54, 1.807) is 0 Å². The third kappa shape index (κ3) is 4.94. The summed E-state index contributed by atoms with van der Waals surface area (Å²) in [6, 6.07) is 0. The molecule has 1 saturated heterocycles. The number of thiol groups is 1. The van der Waals surface area contributed by atoms with Gasteiger partial charge in [-0.1, -0.05) is 0 Å². The third-order valence-electron chi connectivity index (χ3n) is 4.47. The van der Waals surface area contributed by atoms with E-state index in [-0.39, 0.29) is 54.4 Å². The monoisotopic (exact) mass is 529 g/mol.